The van der Waals surface area contributed by atoms with Crippen molar-refractivity contribution in [2.24, 2.45) is 0 Å². The quantitative estimate of drug-likeness (QED) is 0.490. The first-order chi connectivity index (χ1) is 16.3. The third-order valence-electron chi connectivity index (χ3n) is 5.50. The van der Waals surface area contributed by atoms with Crippen molar-refractivity contribution in [3.05, 3.63) is 94.1 Å². The van der Waals surface area contributed by atoms with Gasteiger partial charge in [-0.15, -0.1) is 0 Å². The fraction of sp³-hybridized carbons (Fsp3) is 0.115. The Hall–Kier alpha value is -4.10. The van der Waals surface area contributed by atoms with Crippen molar-refractivity contribution in [3.63, 3.8) is 0 Å². The van der Waals surface area contributed by atoms with Gasteiger partial charge in [0.2, 0.25) is 0 Å². The summed E-state index contributed by atoms with van der Waals surface area (Å²) in [6.07, 6.45) is 0. The molecule has 0 fully saturated rings. The molecule has 0 unspecified atom stereocenters. The van der Waals surface area contributed by atoms with Gasteiger partial charge in [-0.05, 0) is 67.4 Å². The highest BCUT2D eigenvalue weighted by atomic mass is 35.5. The first-order valence-corrected chi connectivity index (χ1v) is 10.8. The highest BCUT2D eigenvalue weighted by Gasteiger charge is 2.39. The van der Waals surface area contributed by atoms with Gasteiger partial charge in [0.1, 0.15) is 16.5 Å². The van der Waals surface area contributed by atoms with E-state index in [0.717, 1.165) is 16.0 Å². The molecule has 3 amide bonds. The van der Waals surface area contributed by atoms with Gasteiger partial charge in [-0.25, -0.2) is 4.90 Å². The van der Waals surface area contributed by atoms with Gasteiger partial charge in [0.05, 0.1) is 12.8 Å². The number of imide groups is 1. The number of anilines is 3. The molecule has 0 spiro atoms. The van der Waals surface area contributed by atoms with E-state index < -0.39 is 11.8 Å². The average Bonchev–Trinajstić information content (AvgIpc) is 3.04. The number of amides is 3. The second kappa shape index (κ2) is 9.41. The molecule has 0 bridgehead atoms. The molecule has 0 aromatic heterocycles. The Labute approximate surface area is 202 Å². The van der Waals surface area contributed by atoms with E-state index >= 15 is 0 Å². The third-order valence-corrected chi connectivity index (χ3v) is 5.85. The Morgan fingerprint density at radius 1 is 0.882 bits per heavy atom. The number of carbonyl (C=O) groups excluding carboxylic acids is 3. The summed E-state index contributed by atoms with van der Waals surface area (Å²) in [5.74, 6) is -0.899. The highest BCUT2D eigenvalue weighted by molar-refractivity contribution is 6.53. The molecule has 0 saturated heterocycles. The molecule has 7 nitrogen and oxygen atoms in total. The van der Waals surface area contributed by atoms with Crippen LogP contribution in [0.4, 0.5) is 17.1 Å². The van der Waals surface area contributed by atoms with Crippen LogP contribution in [0.25, 0.3) is 0 Å². The standard InChI is InChI=1S/C26H22ClN3O4/c1-15-10-11-20(12-16(15)2)30-25(32)22(27)23(26(30)33)28-18-7-4-6-17(13-18)24(31)29-19-8-5-9-21(14-19)34-3/h4-14,28H,1-3H3,(H,29,31). The van der Waals surface area contributed by atoms with E-state index in [1.54, 1.807) is 67.8 Å². The third kappa shape index (κ3) is 4.51. The molecule has 4 rings (SSSR count). The zero-order chi connectivity index (χ0) is 24.4. The lowest BCUT2D eigenvalue weighted by Gasteiger charge is -2.16. The summed E-state index contributed by atoms with van der Waals surface area (Å²) in [6, 6.07) is 18.9. The van der Waals surface area contributed by atoms with Crippen LogP contribution in [0.15, 0.2) is 77.5 Å². The van der Waals surface area contributed by atoms with Crippen LogP contribution in [0.1, 0.15) is 21.5 Å². The van der Waals surface area contributed by atoms with E-state index in [1.165, 1.54) is 0 Å². The lowest BCUT2D eigenvalue weighted by Crippen LogP contribution is -2.32. The lowest BCUT2D eigenvalue weighted by molar-refractivity contribution is -0.120. The van der Waals surface area contributed by atoms with Crippen LogP contribution in [-0.2, 0) is 9.59 Å². The van der Waals surface area contributed by atoms with Gasteiger partial charge in [-0.1, -0.05) is 29.8 Å². The van der Waals surface area contributed by atoms with Crippen molar-refractivity contribution < 1.29 is 19.1 Å². The monoisotopic (exact) mass is 475 g/mol. The molecule has 0 atom stereocenters. The second-order valence-electron chi connectivity index (χ2n) is 7.80. The van der Waals surface area contributed by atoms with Crippen LogP contribution in [0.5, 0.6) is 5.75 Å². The topological polar surface area (TPSA) is 87.7 Å². The zero-order valence-corrected chi connectivity index (χ0v) is 19.6. The van der Waals surface area contributed by atoms with Crippen molar-refractivity contribution in [2.75, 3.05) is 22.6 Å². The molecule has 8 heteroatoms. The molecule has 2 N–H and O–H groups in total. The molecule has 1 aliphatic heterocycles. The molecular formula is C26H22ClN3O4. The van der Waals surface area contributed by atoms with Gasteiger partial charge in [0.25, 0.3) is 17.7 Å². The minimum absolute atomic E-state index is 0.0461. The van der Waals surface area contributed by atoms with E-state index in [-0.39, 0.29) is 16.6 Å². The Morgan fingerprint density at radius 3 is 2.35 bits per heavy atom. The molecular weight excluding hydrogens is 454 g/mol. The lowest BCUT2D eigenvalue weighted by atomic mass is 10.1. The number of halogens is 1. The number of aryl methyl sites for hydroxylation is 2. The Kier molecular flexibility index (Phi) is 6.38. The van der Waals surface area contributed by atoms with E-state index in [2.05, 4.69) is 10.6 Å². The summed E-state index contributed by atoms with van der Waals surface area (Å²) >= 11 is 6.24. The summed E-state index contributed by atoms with van der Waals surface area (Å²) < 4.78 is 5.17. The van der Waals surface area contributed by atoms with E-state index in [1.807, 2.05) is 19.9 Å². The van der Waals surface area contributed by atoms with Gasteiger partial charge in [-0.3, -0.25) is 14.4 Å². The summed E-state index contributed by atoms with van der Waals surface area (Å²) in [4.78, 5) is 39.6. The van der Waals surface area contributed by atoms with Gasteiger partial charge < -0.3 is 15.4 Å². The minimum Gasteiger partial charge on any atom is -0.497 e. The van der Waals surface area contributed by atoms with Crippen molar-refractivity contribution in [1.29, 1.82) is 0 Å². The van der Waals surface area contributed by atoms with E-state index in [9.17, 15) is 14.4 Å². The number of nitrogens with one attached hydrogen (secondary N) is 2. The number of methoxy groups -OCH3 is 1. The van der Waals surface area contributed by atoms with Crippen LogP contribution in [-0.4, -0.2) is 24.8 Å². The minimum atomic E-state index is -0.607. The van der Waals surface area contributed by atoms with Gasteiger partial charge >= 0.3 is 0 Å². The van der Waals surface area contributed by atoms with Crippen LogP contribution in [0.2, 0.25) is 0 Å². The van der Waals surface area contributed by atoms with E-state index in [4.69, 9.17) is 16.3 Å². The molecule has 0 aliphatic carbocycles. The first-order valence-electron chi connectivity index (χ1n) is 10.5. The maximum atomic E-state index is 13.1. The van der Waals surface area contributed by atoms with Crippen LogP contribution >= 0.6 is 11.6 Å². The number of rotatable bonds is 6. The molecule has 172 valence electrons. The summed E-state index contributed by atoms with van der Waals surface area (Å²) in [6.45, 7) is 3.85. The number of nitrogens with zero attached hydrogens (tertiary/aromatic N) is 1. The van der Waals surface area contributed by atoms with Crippen molar-refractivity contribution in [1.82, 2.24) is 0 Å². The highest BCUT2D eigenvalue weighted by Crippen LogP contribution is 2.31. The normalized spacial score (nSPS) is 13.4. The predicted molar refractivity (Wildman–Crippen MR) is 132 cm³/mol. The zero-order valence-electron chi connectivity index (χ0n) is 18.8. The van der Waals surface area contributed by atoms with Crippen LogP contribution < -0.4 is 20.3 Å². The molecule has 3 aromatic carbocycles. The van der Waals surface area contributed by atoms with Crippen LogP contribution in [0.3, 0.4) is 0 Å². The number of benzene rings is 3. The van der Waals surface area contributed by atoms with E-state index in [0.29, 0.717) is 28.4 Å². The Morgan fingerprint density at radius 2 is 1.62 bits per heavy atom. The molecule has 0 radical (unpaired) electrons. The smallest absolute Gasteiger partial charge is 0.283 e. The van der Waals surface area contributed by atoms with Gasteiger partial charge in [0.15, 0.2) is 0 Å². The fourth-order valence-electron chi connectivity index (χ4n) is 3.50. The SMILES string of the molecule is COc1cccc(NC(=O)c2cccc(NC3=C(Cl)C(=O)N(c4ccc(C)c(C)c4)C3=O)c2)c1. The second-order valence-corrected chi connectivity index (χ2v) is 8.17. The van der Waals surface area contributed by atoms with Gasteiger partial charge in [-0.2, -0.15) is 0 Å². The van der Waals surface area contributed by atoms with Gasteiger partial charge in [0, 0.05) is 23.0 Å². The summed E-state index contributed by atoms with van der Waals surface area (Å²) in [5, 5.41) is 5.50. The molecule has 34 heavy (non-hydrogen) atoms. The maximum Gasteiger partial charge on any atom is 0.283 e. The number of carbonyl (C=O) groups is 3. The van der Waals surface area contributed by atoms with Crippen LogP contribution in [0, 0.1) is 13.8 Å². The van der Waals surface area contributed by atoms with Crippen molar-refractivity contribution in [2.45, 2.75) is 13.8 Å². The fourth-order valence-corrected chi connectivity index (χ4v) is 3.71. The molecule has 1 aliphatic rings. The van der Waals surface area contributed by atoms with Crippen molar-refractivity contribution >= 4 is 46.4 Å². The number of hydrogen-bond acceptors (Lipinski definition) is 5. The van der Waals surface area contributed by atoms with Crippen molar-refractivity contribution in [3.8, 4) is 5.75 Å². The Balaban J connectivity index is 1.54. The summed E-state index contributed by atoms with van der Waals surface area (Å²) in [5.41, 5.74) is 3.76. The largest absolute Gasteiger partial charge is 0.497 e. The molecule has 1 heterocycles. The number of ether oxygens (including phenoxy) is 1. The predicted octanol–water partition coefficient (Wildman–Crippen LogP) is 5.00. The first kappa shape index (κ1) is 23.1. The molecule has 3 aromatic rings. The summed E-state index contributed by atoms with van der Waals surface area (Å²) in [7, 11) is 1.55. The average molecular weight is 476 g/mol. The molecule has 0 saturated carbocycles. The maximum absolute atomic E-state index is 13.1. The Bertz CT molecular complexity index is 1350. The number of hydrogen-bond donors (Lipinski definition) is 2.